The first-order valence-corrected chi connectivity index (χ1v) is 3.56. The van der Waals surface area contributed by atoms with Crippen LogP contribution in [0.3, 0.4) is 0 Å². The van der Waals surface area contributed by atoms with Crippen LogP contribution in [0.5, 0.6) is 0 Å². The molecule has 1 heteroatoms. The van der Waals surface area contributed by atoms with E-state index in [2.05, 4.69) is 20.8 Å². The Morgan fingerprint density at radius 1 is 1.11 bits per heavy atom. The van der Waals surface area contributed by atoms with Crippen LogP contribution in [0.25, 0.3) is 0 Å². The van der Waals surface area contributed by atoms with Gasteiger partial charge in [0.25, 0.3) is 0 Å². The molecule has 0 saturated heterocycles. The Morgan fingerprint density at radius 2 is 1.67 bits per heavy atom. The third kappa shape index (κ3) is 11.9. The summed E-state index contributed by atoms with van der Waals surface area (Å²) in [5.41, 5.74) is 0. The van der Waals surface area contributed by atoms with Crippen molar-refractivity contribution >= 4 is 18.9 Å². The van der Waals surface area contributed by atoms with Crippen molar-refractivity contribution < 1.29 is 0 Å². The molecule has 0 aliphatic heterocycles. The minimum atomic E-state index is 0. The molecule has 0 spiro atoms. The second kappa shape index (κ2) is 8.60. The van der Waals surface area contributed by atoms with Crippen LogP contribution in [0.4, 0.5) is 0 Å². The Morgan fingerprint density at radius 3 is 2.00 bits per heavy atom. The van der Waals surface area contributed by atoms with E-state index >= 15 is 0 Å². The Bertz CT molecular complexity index is 41.8. The third-order valence-corrected chi connectivity index (χ3v) is 1.28. The van der Waals surface area contributed by atoms with E-state index in [0.29, 0.717) is 0 Å². The van der Waals surface area contributed by atoms with Crippen molar-refractivity contribution in [3.63, 3.8) is 0 Å². The molecule has 0 bridgehead atoms. The summed E-state index contributed by atoms with van der Waals surface area (Å²) in [5.74, 6) is 1.57. The normalized spacial score (nSPS) is 9.33. The number of unbranched alkanes of at least 4 members (excludes halogenated alkanes) is 2. The van der Waals surface area contributed by atoms with Gasteiger partial charge in [0.15, 0.2) is 0 Å². The molecule has 0 N–H and O–H groups in total. The molecule has 0 aromatic heterocycles. The van der Waals surface area contributed by atoms with Crippen molar-refractivity contribution in [2.45, 2.75) is 46.5 Å². The van der Waals surface area contributed by atoms with Gasteiger partial charge >= 0.3 is 18.9 Å². The van der Waals surface area contributed by atoms with Gasteiger partial charge < -0.3 is 0 Å². The average Bonchev–Trinajstić information content (AvgIpc) is 1.66. The monoisotopic (exact) mass is 121 g/mol. The van der Waals surface area contributed by atoms with Gasteiger partial charge in [-0.1, -0.05) is 40.0 Å². The number of hydrogen-bond donors (Lipinski definition) is 0. The van der Waals surface area contributed by atoms with Gasteiger partial charge in [-0.25, -0.2) is 0 Å². The molecular weight excluding hydrogens is 103 g/mol. The van der Waals surface area contributed by atoms with Crippen LogP contribution in [-0.4, -0.2) is 18.9 Å². The van der Waals surface area contributed by atoms with E-state index in [1.54, 1.807) is 5.92 Å². The van der Waals surface area contributed by atoms with Gasteiger partial charge in [0.05, 0.1) is 0 Å². The van der Waals surface area contributed by atoms with Gasteiger partial charge in [-0.05, 0) is 12.3 Å². The second-order valence-corrected chi connectivity index (χ2v) is 2.66. The minimum absolute atomic E-state index is 0. The van der Waals surface area contributed by atoms with E-state index in [0.717, 1.165) is 0 Å². The molecule has 0 atom stereocenters. The quantitative estimate of drug-likeness (QED) is 0.396. The van der Waals surface area contributed by atoms with Gasteiger partial charge in [0, 0.05) is 0 Å². The zero-order valence-electron chi connectivity index (χ0n) is 6.33. The molecule has 9 heavy (non-hydrogen) atoms. The maximum absolute atomic E-state index is 2.24. The molecule has 0 unspecified atom stereocenters. The topological polar surface area (TPSA) is 0 Å². The van der Waals surface area contributed by atoms with Crippen molar-refractivity contribution in [2.75, 3.05) is 0 Å². The summed E-state index contributed by atoms with van der Waals surface area (Å²) < 4.78 is 0. The van der Waals surface area contributed by atoms with E-state index in [1.807, 2.05) is 0 Å². The predicted molar refractivity (Wildman–Crippen MR) is 45.9 cm³/mol. The van der Waals surface area contributed by atoms with Gasteiger partial charge in [-0.15, -0.1) is 0 Å². The molecule has 0 fully saturated rings. The van der Waals surface area contributed by atoms with Crippen LogP contribution in [0, 0.1) is 5.92 Å². The summed E-state index contributed by atoms with van der Waals surface area (Å²) in [4.78, 5) is 0. The second-order valence-electron chi connectivity index (χ2n) is 2.66. The van der Waals surface area contributed by atoms with Gasteiger partial charge in [-0.2, -0.15) is 0 Å². The van der Waals surface area contributed by atoms with E-state index in [4.69, 9.17) is 0 Å². The molecule has 0 heterocycles. The Labute approximate surface area is 71.6 Å². The first-order chi connectivity index (χ1) is 3.77. The van der Waals surface area contributed by atoms with Crippen LogP contribution in [-0.2, 0) is 0 Å². The Hall–Kier alpha value is 0.597. The molecule has 0 aliphatic rings. The summed E-state index contributed by atoms with van der Waals surface area (Å²) >= 11 is 0. The van der Waals surface area contributed by atoms with E-state index in [-0.39, 0.29) is 18.9 Å². The molecule has 0 aromatic rings. The fourth-order valence-electron chi connectivity index (χ4n) is 0.729. The van der Waals surface area contributed by atoms with Gasteiger partial charge in [-0.3, -0.25) is 0 Å². The summed E-state index contributed by atoms with van der Waals surface area (Å²) in [7, 11) is 0. The molecular formula is C8H18Li. The summed E-state index contributed by atoms with van der Waals surface area (Å²) in [6.45, 7) is 6.65. The van der Waals surface area contributed by atoms with Gasteiger partial charge in [0.2, 0.25) is 0 Å². The Kier molecular flexibility index (Phi) is 11.7. The summed E-state index contributed by atoms with van der Waals surface area (Å²) in [5, 5.41) is 0. The van der Waals surface area contributed by atoms with E-state index < -0.39 is 0 Å². The number of rotatable bonds is 4. The average molecular weight is 121 g/mol. The van der Waals surface area contributed by atoms with Crippen LogP contribution in [0.15, 0.2) is 0 Å². The van der Waals surface area contributed by atoms with E-state index in [9.17, 15) is 0 Å². The predicted octanol–water partition coefficient (Wildman–Crippen LogP) is 2.53. The fraction of sp³-hybridized carbons (Fsp3) is 0.875. The summed E-state index contributed by atoms with van der Waals surface area (Å²) in [6, 6.07) is 0. The molecule has 0 rings (SSSR count). The van der Waals surface area contributed by atoms with Crippen molar-refractivity contribution in [2.24, 2.45) is 0 Å². The molecule has 0 amide bonds. The SMILES string of the molecule is CCCCC[C](C)C.[LiH]. The fourth-order valence-corrected chi connectivity index (χ4v) is 0.729. The molecule has 0 aliphatic carbocycles. The third-order valence-electron chi connectivity index (χ3n) is 1.28. The van der Waals surface area contributed by atoms with Crippen molar-refractivity contribution in [1.29, 1.82) is 0 Å². The van der Waals surface area contributed by atoms with Crippen LogP contribution >= 0.6 is 0 Å². The van der Waals surface area contributed by atoms with E-state index in [1.165, 1.54) is 25.7 Å². The van der Waals surface area contributed by atoms with Crippen molar-refractivity contribution in [3.05, 3.63) is 5.92 Å². The molecule has 0 nitrogen and oxygen atoms in total. The van der Waals surface area contributed by atoms with Crippen LogP contribution in [0.2, 0.25) is 0 Å². The standard InChI is InChI=1S/C8H17.Li.H/c1-4-5-6-7-8(2)3;;/h4-7H2,1-3H3;;. The first kappa shape index (κ1) is 12.3. The zero-order valence-corrected chi connectivity index (χ0v) is 6.33. The molecule has 0 saturated carbocycles. The molecule has 0 aromatic carbocycles. The van der Waals surface area contributed by atoms with Crippen LogP contribution < -0.4 is 0 Å². The van der Waals surface area contributed by atoms with Crippen LogP contribution in [0.1, 0.15) is 46.5 Å². The van der Waals surface area contributed by atoms with Crippen molar-refractivity contribution in [3.8, 4) is 0 Å². The summed E-state index contributed by atoms with van der Waals surface area (Å²) in [6.07, 6.45) is 5.45. The van der Waals surface area contributed by atoms with Crippen molar-refractivity contribution in [1.82, 2.24) is 0 Å². The zero-order chi connectivity index (χ0) is 6.41. The van der Waals surface area contributed by atoms with Gasteiger partial charge in [0.1, 0.15) is 0 Å². The molecule has 51 valence electrons. The molecule has 1 radical (unpaired) electrons. The maximum atomic E-state index is 2.24. The Balaban J connectivity index is 0. The number of hydrogen-bond acceptors (Lipinski definition) is 0. The first-order valence-electron chi connectivity index (χ1n) is 3.56.